The molecule has 10 heteroatoms. The van der Waals surface area contributed by atoms with E-state index in [4.69, 9.17) is 11.6 Å². The summed E-state index contributed by atoms with van der Waals surface area (Å²) < 4.78 is 1.89. The average molecular weight is 436 g/mol. The molecule has 1 aromatic heterocycles. The Morgan fingerprint density at radius 3 is 2.50 bits per heavy atom. The molecule has 162 valence electrons. The van der Waals surface area contributed by atoms with Crippen LogP contribution in [0.4, 0.5) is 5.69 Å². The molecule has 1 heterocycles. The maximum atomic E-state index is 12.6. The SMILES string of the molecule is Cc1cc(C)n(CCCNC(=O)C(NC(=O)c2ccc([N+](=O)[O-])cc2Cl)C(C)C)n1. The summed E-state index contributed by atoms with van der Waals surface area (Å²) in [5.41, 5.74) is 1.87. The zero-order valence-corrected chi connectivity index (χ0v) is 18.2. The smallest absolute Gasteiger partial charge is 0.270 e. The summed E-state index contributed by atoms with van der Waals surface area (Å²) in [5.74, 6) is -1.03. The van der Waals surface area contributed by atoms with Gasteiger partial charge in [-0.05, 0) is 38.3 Å². The monoisotopic (exact) mass is 435 g/mol. The minimum Gasteiger partial charge on any atom is -0.354 e. The minimum absolute atomic E-state index is 0.0468. The predicted molar refractivity (Wildman–Crippen MR) is 114 cm³/mol. The summed E-state index contributed by atoms with van der Waals surface area (Å²) in [6.07, 6.45) is 0.695. The Kier molecular flexibility index (Phi) is 7.93. The molecule has 0 aliphatic carbocycles. The van der Waals surface area contributed by atoms with Crippen LogP contribution in [0.3, 0.4) is 0 Å². The van der Waals surface area contributed by atoms with Crippen molar-refractivity contribution in [1.29, 1.82) is 0 Å². The van der Waals surface area contributed by atoms with Gasteiger partial charge in [-0.2, -0.15) is 5.10 Å². The highest BCUT2D eigenvalue weighted by atomic mass is 35.5. The number of carbonyl (C=O) groups excluding carboxylic acids is 2. The Morgan fingerprint density at radius 1 is 1.27 bits per heavy atom. The molecular formula is C20H26ClN5O4. The minimum atomic E-state index is -0.766. The summed E-state index contributed by atoms with van der Waals surface area (Å²) in [5, 5.41) is 20.7. The zero-order valence-electron chi connectivity index (χ0n) is 17.4. The number of hydrogen-bond acceptors (Lipinski definition) is 5. The Hall–Kier alpha value is -2.94. The van der Waals surface area contributed by atoms with Crippen LogP contribution in [-0.2, 0) is 11.3 Å². The second kappa shape index (κ2) is 10.2. The number of nitrogens with zero attached hydrogens (tertiary/aromatic N) is 3. The second-order valence-electron chi connectivity index (χ2n) is 7.41. The van der Waals surface area contributed by atoms with Gasteiger partial charge in [0.15, 0.2) is 0 Å². The van der Waals surface area contributed by atoms with Crippen molar-refractivity contribution in [3.05, 3.63) is 56.4 Å². The highest BCUT2D eigenvalue weighted by Gasteiger charge is 2.25. The third-order valence-corrected chi connectivity index (χ3v) is 4.91. The summed E-state index contributed by atoms with van der Waals surface area (Å²) in [7, 11) is 0. The van der Waals surface area contributed by atoms with Crippen molar-refractivity contribution < 1.29 is 14.5 Å². The van der Waals surface area contributed by atoms with E-state index in [9.17, 15) is 19.7 Å². The first-order valence-electron chi connectivity index (χ1n) is 9.63. The third-order valence-electron chi connectivity index (χ3n) is 4.59. The van der Waals surface area contributed by atoms with Crippen molar-refractivity contribution in [1.82, 2.24) is 20.4 Å². The van der Waals surface area contributed by atoms with E-state index >= 15 is 0 Å². The number of carbonyl (C=O) groups is 2. The third kappa shape index (κ3) is 6.03. The number of hydrogen-bond donors (Lipinski definition) is 2. The lowest BCUT2D eigenvalue weighted by atomic mass is 10.0. The Balaban J connectivity index is 1.94. The largest absolute Gasteiger partial charge is 0.354 e. The van der Waals surface area contributed by atoms with Crippen molar-refractivity contribution in [2.24, 2.45) is 5.92 Å². The van der Waals surface area contributed by atoms with Crippen LogP contribution in [0.15, 0.2) is 24.3 Å². The van der Waals surface area contributed by atoms with Gasteiger partial charge in [0.05, 0.1) is 21.2 Å². The molecule has 0 spiro atoms. The molecule has 1 unspecified atom stereocenters. The summed E-state index contributed by atoms with van der Waals surface area (Å²) >= 11 is 6.01. The summed E-state index contributed by atoms with van der Waals surface area (Å²) in [6.45, 7) is 8.66. The molecule has 0 aliphatic rings. The van der Waals surface area contributed by atoms with Gasteiger partial charge in [-0.1, -0.05) is 25.4 Å². The van der Waals surface area contributed by atoms with E-state index in [1.165, 1.54) is 12.1 Å². The number of aromatic nitrogens is 2. The molecule has 30 heavy (non-hydrogen) atoms. The first-order valence-corrected chi connectivity index (χ1v) is 10.0. The van der Waals surface area contributed by atoms with Crippen LogP contribution in [0.1, 0.15) is 42.0 Å². The van der Waals surface area contributed by atoms with E-state index in [-0.39, 0.29) is 28.1 Å². The fourth-order valence-electron chi connectivity index (χ4n) is 3.01. The van der Waals surface area contributed by atoms with Gasteiger partial charge in [0, 0.05) is 30.9 Å². The van der Waals surface area contributed by atoms with Crippen LogP contribution in [0, 0.1) is 29.9 Å². The van der Waals surface area contributed by atoms with Gasteiger partial charge in [0.25, 0.3) is 11.6 Å². The maximum absolute atomic E-state index is 12.6. The molecule has 0 aliphatic heterocycles. The van der Waals surface area contributed by atoms with Crippen LogP contribution in [0.2, 0.25) is 5.02 Å². The first-order chi connectivity index (χ1) is 14.1. The van der Waals surface area contributed by atoms with Crippen molar-refractivity contribution in [3.63, 3.8) is 0 Å². The van der Waals surface area contributed by atoms with Gasteiger partial charge in [-0.15, -0.1) is 0 Å². The number of amides is 2. The normalized spacial score (nSPS) is 11.9. The molecular weight excluding hydrogens is 410 g/mol. The topological polar surface area (TPSA) is 119 Å². The standard InChI is InChI=1S/C20H26ClN5O4/c1-12(2)18(20(28)22-8-5-9-25-14(4)10-13(3)24-25)23-19(27)16-7-6-15(26(29)30)11-17(16)21/h6-7,10-12,18H,5,8-9H2,1-4H3,(H,22,28)(H,23,27). The molecule has 0 bridgehead atoms. The van der Waals surface area contributed by atoms with E-state index in [2.05, 4.69) is 15.7 Å². The van der Waals surface area contributed by atoms with Crippen molar-refractivity contribution in [2.45, 2.75) is 46.7 Å². The quantitative estimate of drug-likeness (QED) is 0.356. The Bertz CT molecular complexity index is 941. The number of nitro groups is 1. The lowest BCUT2D eigenvalue weighted by Crippen LogP contribution is -2.50. The second-order valence-corrected chi connectivity index (χ2v) is 7.82. The van der Waals surface area contributed by atoms with Crippen LogP contribution in [-0.4, -0.2) is 39.1 Å². The molecule has 0 saturated carbocycles. The van der Waals surface area contributed by atoms with E-state index in [0.29, 0.717) is 19.5 Å². The van der Waals surface area contributed by atoms with Gasteiger partial charge >= 0.3 is 0 Å². The molecule has 0 radical (unpaired) electrons. The molecule has 2 N–H and O–H groups in total. The number of nitrogens with one attached hydrogen (secondary N) is 2. The Labute approximate surface area is 179 Å². The molecule has 1 atom stereocenters. The summed E-state index contributed by atoms with van der Waals surface area (Å²) in [4.78, 5) is 35.4. The van der Waals surface area contributed by atoms with Gasteiger partial charge in [0.1, 0.15) is 6.04 Å². The maximum Gasteiger partial charge on any atom is 0.270 e. The van der Waals surface area contributed by atoms with Crippen LogP contribution >= 0.6 is 11.6 Å². The van der Waals surface area contributed by atoms with E-state index < -0.39 is 16.9 Å². The van der Waals surface area contributed by atoms with Crippen molar-refractivity contribution >= 4 is 29.1 Å². The molecule has 9 nitrogen and oxygen atoms in total. The fraction of sp³-hybridized carbons (Fsp3) is 0.450. The van der Waals surface area contributed by atoms with Crippen LogP contribution in [0.5, 0.6) is 0 Å². The van der Waals surface area contributed by atoms with Crippen LogP contribution < -0.4 is 10.6 Å². The molecule has 2 amide bonds. The highest BCUT2D eigenvalue weighted by Crippen LogP contribution is 2.22. The number of aryl methyl sites for hydroxylation is 3. The van der Waals surface area contributed by atoms with Crippen molar-refractivity contribution in [2.75, 3.05) is 6.54 Å². The number of rotatable bonds is 9. The lowest BCUT2D eigenvalue weighted by molar-refractivity contribution is -0.384. The van der Waals surface area contributed by atoms with Gasteiger partial charge in [-0.3, -0.25) is 24.4 Å². The van der Waals surface area contributed by atoms with Gasteiger partial charge in [-0.25, -0.2) is 0 Å². The van der Waals surface area contributed by atoms with E-state index in [0.717, 1.165) is 17.5 Å². The zero-order chi connectivity index (χ0) is 22.4. The fourth-order valence-corrected chi connectivity index (χ4v) is 3.27. The highest BCUT2D eigenvalue weighted by molar-refractivity contribution is 6.34. The predicted octanol–water partition coefficient (Wildman–Crippen LogP) is 3.02. The van der Waals surface area contributed by atoms with Crippen molar-refractivity contribution in [3.8, 4) is 0 Å². The molecule has 1 aromatic carbocycles. The van der Waals surface area contributed by atoms with E-state index in [1.807, 2.05) is 38.4 Å². The number of halogens is 1. The lowest BCUT2D eigenvalue weighted by Gasteiger charge is -2.22. The van der Waals surface area contributed by atoms with Crippen LogP contribution in [0.25, 0.3) is 0 Å². The van der Waals surface area contributed by atoms with Gasteiger partial charge in [0.2, 0.25) is 5.91 Å². The summed E-state index contributed by atoms with van der Waals surface area (Å²) in [6, 6.07) is 4.81. The number of non-ortho nitro benzene ring substituents is 1. The first kappa shape index (κ1) is 23.3. The number of nitro benzene ring substituents is 1. The average Bonchev–Trinajstić information content (AvgIpc) is 2.99. The molecule has 0 saturated heterocycles. The molecule has 0 fully saturated rings. The number of benzene rings is 1. The molecule has 2 aromatic rings. The molecule has 2 rings (SSSR count). The van der Waals surface area contributed by atoms with E-state index in [1.54, 1.807) is 0 Å². The van der Waals surface area contributed by atoms with Gasteiger partial charge < -0.3 is 10.6 Å². The Morgan fingerprint density at radius 2 is 1.97 bits per heavy atom.